The van der Waals surface area contributed by atoms with Gasteiger partial charge in [-0.15, -0.1) is 0 Å². The normalized spacial score (nSPS) is 17.8. The first-order valence-electron chi connectivity index (χ1n) is 10.8. The zero-order valence-corrected chi connectivity index (χ0v) is 18.1. The average Bonchev–Trinajstić information content (AvgIpc) is 2.76. The molecule has 1 amide bonds. The smallest absolute Gasteiger partial charge is 0.315 e. The van der Waals surface area contributed by atoms with E-state index >= 15 is 0 Å². The highest BCUT2D eigenvalue weighted by Crippen LogP contribution is 2.40. The van der Waals surface area contributed by atoms with E-state index in [1.54, 1.807) is 12.4 Å². The molecule has 0 aliphatic carbocycles. The van der Waals surface area contributed by atoms with Crippen LogP contribution in [0.4, 0.5) is 5.69 Å². The van der Waals surface area contributed by atoms with Gasteiger partial charge >= 0.3 is 5.97 Å². The first-order valence-corrected chi connectivity index (χ1v) is 10.8. The number of rotatable bonds is 9. The number of pyridine rings is 1. The number of carbonyl (C=O) groups is 2. The predicted octanol–water partition coefficient (Wildman–Crippen LogP) is 3.71. The summed E-state index contributed by atoms with van der Waals surface area (Å²) in [5, 5.41) is 2.94. The van der Waals surface area contributed by atoms with Crippen molar-refractivity contribution in [1.82, 2.24) is 10.3 Å². The van der Waals surface area contributed by atoms with E-state index in [4.69, 9.17) is 4.74 Å². The summed E-state index contributed by atoms with van der Waals surface area (Å²) in [7, 11) is 0. The van der Waals surface area contributed by atoms with Crippen LogP contribution in [0.5, 0.6) is 5.75 Å². The third-order valence-corrected chi connectivity index (χ3v) is 5.90. The summed E-state index contributed by atoms with van der Waals surface area (Å²) in [4.78, 5) is 31.0. The highest BCUT2D eigenvalue weighted by atomic mass is 16.5. The van der Waals surface area contributed by atoms with Crippen LogP contribution in [0.25, 0.3) is 0 Å². The maximum Gasteiger partial charge on any atom is 0.315 e. The number of fused-ring (bicyclic) bond motifs is 1. The van der Waals surface area contributed by atoms with Gasteiger partial charge in [-0.3, -0.25) is 14.6 Å². The maximum atomic E-state index is 12.6. The molecule has 0 saturated carbocycles. The lowest BCUT2D eigenvalue weighted by atomic mass is 9.83. The number of hydrogen-bond acceptors (Lipinski definition) is 5. The molecule has 1 aliphatic rings. The fourth-order valence-electron chi connectivity index (χ4n) is 4.01. The molecule has 2 atom stereocenters. The van der Waals surface area contributed by atoms with Crippen LogP contribution in [-0.4, -0.2) is 36.5 Å². The summed E-state index contributed by atoms with van der Waals surface area (Å²) in [6.45, 7) is 8.56. The number of aromatic nitrogens is 1. The fourth-order valence-corrected chi connectivity index (χ4v) is 4.01. The molecule has 1 N–H and O–H groups in total. The van der Waals surface area contributed by atoms with Crippen LogP contribution in [0.2, 0.25) is 0 Å². The van der Waals surface area contributed by atoms with E-state index < -0.39 is 0 Å². The fraction of sp³-hybridized carbons (Fsp3) is 0.458. The topological polar surface area (TPSA) is 71.5 Å². The molecule has 30 heavy (non-hydrogen) atoms. The number of esters is 1. The molecule has 1 aliphatic heterocycles. The van der Waals surface area contributed by atoms with Gasteiger partial charge in [0.1, 0.15) is 5.75 Å². The molecule has 3 rings (SSSR count). The van der Waals surface area contributed by atoms with Crippen molar-refractivity contribution in [3.8, 4) is 5.75 Å². The minimum atomic E-state index is -0.252. The van der Waals surface area contributed by atoms with E-state index in [1.807, 2.05) is 18.2 Å². The highest BCUT2D eigenvalue weighted by molar-refractivity contribution is 5.80. The summed E-state index contributed by atoms with van der Waals surface area (Å²) in [5.74, 6) is 0.248. The van der Waals surface area contributed by atoms with Gasteiger partial charge in [0.05, 0.1) is 5.92 Å². The number of nitrogens with zero attached hydrogens (tertiary/aromatic N) is 2. The number of amides is 1. The van der Waals surface area contributed by atoms with Crippen LogP contribution in [0.15, 0.2) is 42.7 Å². The molecular formula is C24H31N3O3. The number of anilines is 1. The first-order chi connectivity index (χ1) is 14.5. The van der Waals surface area contributed by atoms with Crippen molar-refractivity contribution in [2.75, 3.05) is 24.5 Å². The molecule has 0 radical (unpaired) electrons. The zero-order valence-electron chi connectivity index (χ0n) is 18.1. The minimum absolute atomic E-state index is 0.00657. The van der Waals surface area contributed by atoms with Gasteiger partial charge in [-0.1, -0.05) is 13.0 Å². The van der Waals surface area contributed by atoms with Crippen molar-refractivity contribution in [2.24, 2.45) is 5.92 Å². The van der Waals surface area contributed by atoms with Gasteiger partial charge in [0, 0.05) is 50.2 Å². The lowest BCUT2D eigenvalue weighted by Gasteiger charge is -2.31. The van der Waals surface area contributed by atoms with E-state index in [0.29, 0.717) is 31.6 Å². The van der Waals surface area contributed by atoms with E-state index in [1.165, 1.54) is 0 Å². The first kappa shape index (κ1) is 21.8. The summed E-state index contributed by atoms with van der Waals surface area (Å²) < 4.78 is 5.67. The second-order valence-corrected chi connectivity index (χ2v) is 7.70. The molecular weight excluding hydrogens is 378 g/mol. The van der Waals surface area contributed by atoms with Crippen molar-refractivity contribution in [1.29, 1.82) is 0 Å². The molecule has 2 aromatic rings. The summed E-state index contributed by atoms with van der Waals surface area (Å²) in [6, 6.07) is 9.96. The van der Waals surface area contributed by atoms with Crippen molar-refractivity contribution >= 4 is 17.6 Å². The van der Waals surface area contributed by atoms with E-state index in [2.05, 4.69) is 48.1 Å². The van der Waals surface area contributed by atoms with E-state index in [9.17, 15) is 9.59 Å². The van der Waals surface area contributed by atoms with Crippen LogP contribution >= 0.6 is 0 Å². The zero-order chi connectivity index (χ0) is 21.5. The lowest BCUT2D eigenvalue weighted by Crippen LogP contribution is -2.34. The van der Waals surface area contributed by atoms with Crippen molar-refractivity contribution < 1.29 is 14.3 Å². The number of ether oxygens (including phenoxy) is 1. The Bertz CT molecular complexity index is 865. The quantitative estimate of drug-likeness (QED) is 0.505. The Morgan fingerprint density at radius 2 is 1.90 bits per heavy atom. The standard InChI is InChI=1S/C24H31N3O3/c1-4-27(5-2)19-7-8-20-17(3)21(24(29)30-22(20)16-19)12-15-26-23(28)9-6-18-10-13-25-14-11-18/h7-8,10-11,13-14,16-17,21H,4-6,9,12,15H2,1-3H3,(H,26,28). The molecule has 160 valence electrons. The van der Waals surface area contributed by atoms with Gasteiger partial charge in [0.25, 0.3) is 0 Å². The Balaban J connectivity index is 1.54. The van der Waals surface area contributed by atoms with Gasteiger partial charge in [-0.25, -0.2) is 0 Å². The van der Waals surface area contributed by atoms with Crippen LogP contribution in [0.1, 0.15) is 50.7 Å². The third kappa shape index (κ3) is 5.17. The molecule has 0 spiro atoms. The van der Waals surface area contributed by atoms with Crippen LogP contribution in [0.3, 0.4) is 0 Å². The Labute approximate surface area is 178 Å². The van der Waals surface area contributed by atoms with E-state index in [0.717, 1.165) is 29.9 Å². The number of hydrogen-bond donors (Lipinski definition) is 1. The Hall–Kier alpha value is -2.89. The van der Waals surface area contributed by atoms with Gasteiger partial charge in [-0.2, -0.15) is 0 Å². The van der Waals surface area contributed by atoms with Crippen LogP contribution in [-0.2, 0) is 16.0 Å². The average molecular weight is 410 g/mol. The molecule has 0 fully saturated rings. The Morgan fingerprint density at radius 3 is 2.60 bits per heavy atom. The monoisotopic (exact) mass is 409 g/mol. The Morgan fingerprint density at radius 1 is 1.17 bits per heavy atom. The van der Waals surface area contributed by atoms with Gasteiger partial charge in [0.15, 0.2) is 0 Å². The minimum Gasteiger partial charge on any atom is -0.426 e. The molecule has 6 nitrogen and oxygen atoms in total. The van der Waals surface area contributed by atoms with Gasteiger partial charge in [-0.05, 0) is 61.9 Å². The lowest BCUT2D eigenvalue weighted by molar-refractivity contribution is -0.141. The molecule has 1 aromatic carbocycles. The molecule has 2 unspecified atom stereocenters. The largest absolute Gasteiger partial charge is 0.426 e. The van der Waals surface area contributed by atoms with Crippen molar-refractivity contribution in [3.63, 3.8) is 0 Å². The molecule has 6 heteroatoms. The van der Waals surface area contributed by atoms with Gasteiger partial charge in [0.2, 0.25) is 5.91 Å². The third-order valence-electron chi connectivity index (χ3n) is 5.90. The number of carbonyl (C=O) groups excluding carboxylic acids is 2. The van der Waals surface area contributed by atoms with Crippen LogP contribution in [0, 0.1) is 5.92 Å². The Kier molecular flexibility index (Phi) is 7.44. The SMILES string of the molecule is CCN(CC)c1ccc2c(c1)OC(=O)C(CCNC(=O)CCc1ccncc1)C2C. The number of benzene rings is 1. The van der Waals surface area contributed by atoms with Crippen molar-refractivity contribution in [3.05, 3.63) is 53.9 Å². The second kappa shape index (κ2) is 10.2. The van der Waals surface area contributed by atoms with E-state index in [-0.39, 0.29) is 23.7 Å². The molecule has 0 saturated heterocycles. The van der Waals surface area contributed by atoms with Gasteiger partial charge < -0.3 is 15.0 Å². The number of nitrogens with one attached hydrogen (secondary N) is 1. The summed E-state index contributed by atoms with van der Waals surface area (Å²) in [5.41, 5.74) is 3.21. The number of aryl methyl sites for hydroxylation is 1. The van der Waals surface area contributed by atoms with Crippen LogP contribution < -0.4 is 15.0 Å². The molecule has 1 aromatic heterocycles. The summed E-state index contributed by atoms with van der Waals surface area (Å²) in [6.07, 6.45) is 5.13. The van der Waals surface area contributed by atoms with Crippen molar-refractivity contribution in [2.45, 2.75) is 46.0 Å². The summed E-state index contributed by atoms with van der Waals surface area (Å²) >= 11 is 0. The highest BCUT2D eigenvalue weighted by Gasteiger charge is 2.35. The molecule has 2 heterocycles. The predicted molar refractivity (Wildman–Crippen MR) is 118 cm³/mol. The maximum absolute atomic E-state index is 12.6. The molecule has 0 bridgehead atoms. The second-order valence-electron chi connectivity index (χ2n) is 7.70.